The number of rotatable bonds is 4. The fourth-order valence-electron chi connectivity index (χ4n) is 1.97. The summed E-state index contributed by atoms with van der Waals surface area (Å²) in [5.41, 5.74) is 6.67. The largest absolute Gasteiger partial charge is 0.296 e. The highest BCUT2D eigenvalue weighted by Gasteiger charge is 2.04. The molecule has 1 nitrogen and oxygen atoms in total. The number of hydrogen-bond acceptors (Lipinski definition) is 1. The molecule has 0 aliphatic rings. The maximum atomic E-state index is 3.46. The van der Waals surface area contributed by atoms with Gasteiger partial charge in [-0.3, -0.25) is 4.90 Å². The Morgan fingerprint density at radius 3 is 2.13 bits per heavy atom. The summed E-state index contributed by atoms with van der Waals surface area (Å²) < 4.78 is 0. The molecule has 0 amide bonds. The van der Waals surface area contributed by atoms with Crippen molar-refractivity contribution in [1.82, 2.24) is 4.90 Å². The fourth-order valence-corrected chi connectivity index (χ4v) is 2.22. The first-order valence-electron chi connectivity index (χ1n) is 5.36. The molecular formula is C13H20BrN. The van der Waals surface area contributed by atoms with E-state index in [1.807, 2.05) is 0 Å². The van der Waals surface area contributed by atoms with Crippen molar-refractivity contribution in [2.75, 3.05) is 19.0 Å². The maximum Gasteiger partial charge on any atom is 0.0539 e. The highest BCUT2D eigenvalue weighted by atomic mass is 79.9. The van der Waals surface area contributed by atoms with Crippen molar-refractivity contribution < 1.29 is 0 Å². The van der Waals surface area contributed by atoms with E-state index >= 15 is 0 Å². The number of hydrogen-bond donors (Lipinski definition) is 0. The lowest BCUT2D eigenvalue weighted by Crippen LogP contribution is -2.19. The van der Waals surface area contributed by atoms with Gasteiger partial charge >= 0.3 is 0 Å². The Morgan fingerprint density at radius 1 is 1.13 bits per heavy atom. The van der Waals surface area contributed by atoms with Gasteiger partial charge in [-0.15, -0.1) is 0 Å². The molecule has 0 heterocycles. The molecule has 0 aliphatic heterocycles. The summed E-state index contributed by atoms with van der Waals surface area (Å²) in [4.78, 5) is 2.28. The molecule has 1 rings (SSSR count). The lowest BCUT2D eigenvalue weighted by atomic mass is 9.97. The van der Waals surface area contributed by atoms with Crippen LogP contribution in [0.3, 0.4) is 0 Å². The van der Waals surface area contributed by atoms with Gasteiger partial charge in [0.05, 0.1) is 5.45 Å². The molecule has 0 radical (unpaired) electrons. The second-order valence-electron chi connectivity index (χ2n) is 4.33. The molecule has 0 unspecified atom stereocenters. The molecule has 84 valence electrons. The van der Waals surface area contributed by atoms with Crippen molar-refractivity contribution in [3.63, 3.8) is 0 Å². The minimum Gasteiger partial charge on any atom is -0.296 e. The quantitative estimate of drug-likeness (QED) is 0.598. The Kier molecular flexibility index (Phi) is 4.81. The summed E-state index contributed by atoms with van der Waals surface area (Å²) in [6.07, 6.45) is 1.14. The van der Waals surface area contributed by atoms with Gasteiger partial charge in [0.2, 0.25) is 0 Å². The first kappa shape index (κ1) is 12.7. The number of likely N-dealkylation sites (N-methyl/N-ethyl adjacent to an activating group) is 1. The third-order valence-corrected chi connectivity index (χ3v) is 3.64. The molecule has 1 aromatic carbocycles. The van der Waals surface area contributed by atoms with E-state index in [2.05, 4.69) is 60.8 Å². The van der Waals surface area contributed by atoms with Crippen LogP contribution in [0, 0.1) is 20.8 Å². The molecule has 0 bridgehead atoms. The average molecular weight is 270 g/mol. The summed E-state index contributed by atoms with van der Waals surface area (Å²) in [7, 11) is 2.13. The van der Waals surface area contributed by atoms with Crippen molar-refractivity contribution in [3.8, 4) is 0 Å². The normalized spacial score (nSPS) is 11.1. The highest BCUT2D eigenvalue weighted by molar-refractivity contribution is 9.09. The van der Waals surface area contributed by atoms with Crippen LogP contribution in [0.5, 0.6) is 0 Å². The maximum absolute atomic E-state index is 3.46. The number of nitrogens with zero attached hydrogens (tertiary/aromatic N) is 1. The Hall–Kier alpha value is -0.340. The molecule has 2 heteroatoms. The van der Waals surface area contributed by atoms with E-state index in [0.29, 0.717) is 0 Å². The Labute approximate surface area is 102 Å². The van der Waals surface area contributed by atoms with Crippen molar-refractivity contribution >= 4 is 15.9 Å². The van der Waals surface area contributed by atoms with E-state index in [1.54, 1.807) is 0 Å². The summed E-state index contributed by atoms with van der Waals surface area (Å²) in [5, 5.41) is 0. The van der Waals surface area contributed by atoms with Crippen LogP contribution in [0.25, 0.3) is 0 Å². The zero-order valence-electron chi connectivity index (χ0n) is 10.1. The van der Waals surface area contributed by atoms with Crippen LogP contribution in [0.2, 0.25) is 0 Å². The van der Waals surface area contributed by atoms with Crippen molar-refractivity contribution in [3.05, 3.63) is 34.4 Å². The van der Waals surface area contributed by atoms with Crippen molar-refractivity contribution in [2.24, 2.45) is 0 Å². The van der Waals surface area contributed by atoms with Gasteiger partial charge in [0.1, 0.15) is 0 Å². The zero-order valence-corrected chi connectivity index (χ0v) is 11.7. The smallest absolute Gasteiger partial charge is 0.0539 e. The van der Waals surface area contributed by atoms with E-state index in [9.17, 15) is 0 Å². The van der Waals surface area contributed by atoms with Crippen LogP contribution in [0.4, 0.5) is 0 Å². The van der Waals surface area contributed by atoms with E-state index in [0.717, 1.165) is 18.4 Å². The molecule has 0 aromatic heterocycles. The molecular weight excluding hydrogens is 250 g/mol. The van der Waals surface area contributed by atoms with Crippen LogP contribution in [-0.4, -0.2) is 23.9 Å². The summed E-state index contributed by atoms with van der Waals surface area (Å²) >= 11 is 3.46. The van der Waals surface area contributed by atoms with Gasteiger partial charge in [0.15, 0.2) is 0 Å². The van der Waals surface area contributed by atoms with Gasteiger partial charge in [-0.2, -0.15) is 0 Å². The SMILES string of the molecule is Cc1cc(C)c(CCN(C)CBr)c(C)c1. The molecule has 0 saturated heterocycles. The number of benzene rings is 1. The predicted molar refractivity (Wildman–Crippen MR) is 70.8 cm³/mol. The Bertz CT molecular complexity index is 310. The van der Waals surface area contributed by atoms with Gasteiger partial charge < -0.3 is 0 Å². The molecule has 15 heavy (non-hydrogen) atoms. The van der Waals surface area contributed by atoms with Crippen LogP contribution < -0.4 is 0 Å². The van der Waals surface area contributed by atoms with Gasteiger partial charge in [-0.1, -0.05) is 33.6 Å². The van der Waals surface area contributed by atoms with E-state index in [-0.39, 0.29) is 0 Å². The van der Waals surface area contributed by atoms with Crippen LogP contribution in [0.15, 0.2) is 12.1 Å². The number of alkyl halides is 1. The molecule has 0 aliphatic carbocycles. The monoisotopic (exact) mass is 269 g/mol. The lowest BCUT2D eigenvalue weighted by molar-refractivity contribution is 0.401. The molecule has 0 fully saturated rings. The molecule has 1 aromatic rings. The zero-order chi connectivity index (χ0) is 11.4. The fraction of sp³-hybridized carbons (Fsp3) is 0.538. The van der Waals surface area contributed by atoms with Gasteiger partial charge in [0, 0.05) is 6.54 Å². The van der Waals surface area contributed by atoms with Crippen LogP contribution in [-0.2, 0) is 6.42 Å². The van der Waals surface area contributed by atoms with Crippen molar-refractivity contribution in [2.45, 2.75) is 27.2 Å². The van der Waals surface area contributed by atoms with Gasteiger partial charge in [-0.05, 0) is 50.9 Å². The third-order valence-electron chi connectivity index (χ3n) is 2.79. The summed E-state index contributed by atoms with van der Waals surface area (Å²) in [6, 6.07) is 4.55. The number of aryl methyl sites for hydroxylation is 3. The third kappa shape index (κ3) is 3.62. The minimum atomic E-state index is 0.941. The van der Waals surface area contributed by atoms with E-state index < -0.39 is 0 Å². The van der Waals surface area contributed by atoms with E-state index in [1.165, 1.54) is 22.3 Å². The number of halogens is 1. The van der Waals surface area contributed by atoms with Crippen LogP contribution in [0.1, 0.15) is 22.3 Å². The molecule has 0 atom stereocenters. The second kappa shape index (κ2) is 5.66. The molecule has 0 saturated carbocycles. The molecule has 0 spiro atoms. The first-order chi connectivity index (χ1) is 7.04. The van der Waals surface area contributed by atoms with Gasteiger partial charge in [-0.25, -0.2) is 0 Å². The van der Waals surface area contributed by atoms with Crippen molar-refractivity contribution in [1.29, 1.82) is 0 Å². The van der Waals surface area contributed by atoms with Gasteiger partial charge in [0.25, 0.3) is 0 Å². The standard InChI is InChI=1S/C13H20BrN/c1-10-7-11(2)13(12(3)8-10)5-6-15(4)9-14/h7-8H,5-6,9H2,1-4H3. The lowest BCUT2D eigenvalue weighted by Gasteiger charge is -2.16. The predicted octanol–water partition coefficient (Wildman–Crippen LogP) is 3.44. The minimum absolute atomic E-state index is 0.941. The molecule has 0 N–H and O–H groups in total. The van der Waals surface area contributed by atoms with E-state index in [4.69, 9.17) is 0 Å². The first-order valence-corrected chi connectivity index (χ1v) is 6.48. The summed E-state index contributed by atoms with van der Waals surface area (Å²) in [5.74, 6) is 0. The van der Waals surface area contributed by atoms with Crippen LogP contribution >= 0.6 is 15.9 Å². The topological polar surface area (TPSA) is 3.24 Å². The second-order valence-corrected chi connectivity index (χ2v) is 4.83. The average Bonchev–Trinajstić information content (AvgIpc) is 2.15. The summed E-state index contributed by atoms with van der Waals surface area (Å²) in [6.45, 7) is 7.69. The Morgan fingerprint density at radius 2 is 1.67 bits per heavy atom. The highest BCUT2D eigenvalue weighted by Crippen LogP contribution is 2.17. The Balaban J connectivity index is 2.77.